The molecule has 10 nitrogen and oxygen atoms in total. The summed E-state index contributed by atoms with van der Waals surface area (Å²) in [7, 11) is 1.77. The number of hydrogen-bond acceptors (Lipinski definition) is 8. The number of amides is 1. The Morgan fingerprint density at radius 1 is 1.21 bits per heavy atom. The summed E-state index contributed by atoms with van der Waals surface area (Å²) in [5.41, 5.74) is 1.98. The Labute approximate surface area is 199 Å². The third kappa shape index (κ3) is 3.79. The van der Waals surface area contributed by atoms with Gasteiger partial charge in [0.15, 0.2) is 0 Å². The smallest absolute Gasteiger partial charge is 0.260 e. The number of rotatable bonds is 5. The van der Waals surface area contributed by atoms with Gasteiger partial charge in [-0.05, 0) is 25.5 Å². The van der Waals surface area contributed by atoms with Crippen LogP contribution >= 0.6 is 11.6 Å². The van der Waals surface area contributed by atoms with E-state index >= 15 is 0 Å². The maximum Gasteiger partial charge on any atom is 0.260 e. The molecule has 174 valence electrons. The molecule has 1 fully saturated rings. The molecule has 4 aromatic rings. The third-order valence-electron chi connectivity index (χ3n) is 5.92. The molecule has 0 saturated carbocycles. The number of pyridine rings is 1. The molecule has 1 N–H and O–H groups in total. The number of hydrogen-bond donors (Lipinski definition) is 1. The number of halogens is 1. The minimum Gasteiger partial charge on any atom is -0.344 e. The van der Waals surface area contributed by atoms with Crippen molar-refractivity contribution in [2.75, 3.05) is 18.9 Å². The fourth-order valence-electron chi connectivity index (χ4n) is 4.12. The van der Waals surface area contributed by atoms with Crippen molar-refractivity contribution in [3.63, 3.8) is 0 Å². The Balaban J connectivity index is 1.55. The summed E-state index contributed by atoms with van der Waals surface area (Å²) in [5, 5.41) is 8.08. The van der Waals surface area contributed by atoms with Crippen LogP contribution in [-0.4, -0.2) is 55.1 Å². The Bertz CT molecular complexity index is 1480. The molecule has 1 aliphatic heterocycles. The van der Waals surface area contributed by atoms with Gasteiger partial charge in [0.05, 0.1) is 0 Å². The number of nitrogens with zero attached hydrogens (tertiary/aromatic N) is 6. The largest absolute Gasteiger partial charge is 0.344 e. The van der Waals surface area contributed by atoms with E-state index in [1.165, 1.54) is 0 Å². The summed E-state index contributed by atoms with van der Waals surface area (Å²) in [5.74, 6) is 1.19. The molecule has 1 amide bonds. The highest BCUT2D eigenvalue weighted by molar-refractivity contribution is 6.33. The molecule has 0 spiro atoms. The quantitative estimate of drug-likeness (QED) is 0.463. The maximum atomic E-state index is 13.4. The SMILES string of the molecule is CCn1c(=O)c(-c2ccc(-c3noc(C)n3)cc2Cl)cc2cnc(NC3CCN(C)C3=O)nc21. The Kier molecular flexibility index (Phi) is 5.52. The second-order valence-corrected chi connectivity index (χ2v) is 8.56. The minimum absolute atomic E-state index is 0.000923. The highest BCUT2D eigenvalue weighted by Crippen LogP contribution is 2.31. The zero-order valence-corrected chi connectivity index (χ0v) is 19.6. The number of aryl methyl sites for hydroxylation is 2. The van der Waals surface area contributed by atoms with Crippen LogP contribution in [0.4, 0.5) is 5.95 Å². The number of nitrogens with one attached hydrogen (secondary N) is 1. The summed E-state index contributed by atoms with van der Waals surface area (Å²) in [6, 6.07) is 6.64. The van der Waals surface area contributed by atoms with E-state index < -0.39 is 0 Å². The number of carbonyl (C=O) groups is 1. The van der Waals surface area contributed by atoms with Crippen molar-refractivity contribution in [1.82, 2.24) is 29.6 Å². The van der Waals surface area contributed by atoms with Gasteiger partial charge in [-0.1, -0.05) is 28.9 Å². The van der Waals surface area contributed by atoms with Gasteiger partial charge in [-0.25, -0.2) is 4.98 Å². The number of aromatic nitrogens is 5. The fourth-order valence-corrected chi connectivity index (χ4v) is 4.40. The molecule has 1 aliphatic rings. The molecule has 1 unspecified atom stereocenters. The Morgan fingerprint density at radius 3 is 2.68 bits per heavy atom. The monoisotopic (exact) mass is 479 g/mol. The van der Waals surface area contributed by atoms with Crippen molar-refractivity contribution in [3.05, 3.63) is 51.7 Å². The van der Waals surface area contributed by atoms with Crippen molar-refractivity contribution in [3.8, 4) is 22.5 Å². The first kappa shape index (κ1) is 22.0. The molecule has 3 aromatic heterocycles. The number of benzene rings is 1. The second-order valence-electron chi connectivity index (χ2n) is 8.16. The molecule has 5 rings (SSSR count). The van der Waals surface area contributed by atoms with E-state index in [-0.39, 0.29) is 17.5 Å². The summed E-state index contributed by atoms with van der Waals surface area (Å²) in [6.07, 6.45) is 2.32. The van der Waals surface area contributed by atoms with Gasteiger partial charge in [-0.2, -0.15) is 9.97 Å². The van der Waals surface area contributed by atoms with Gasteiger partial charge < -0.3 is 14.7 Å². The average molecular weight is 480 g/mol. The zero-order chi connectivity index (χ0) is 24.0. The second kappa shape index (κ2) is 8.53. The predicted molar refractivity (Wildman–Crippen MR) is 128 cm³/mol. The maximum absolute atomic E-state index is 13.4. The van der Waals surface area contributed by atoms with Gasteiger partial charge in [-0.15, -0.1) is 0 Å². The molecule has 0 bridgehead atoms. The molecule has 11 heteroatoms. The minimum atomic E-state index is -0.371. The van der Waals surface area contributed by atoms with Crippen LogP contribution < -0.4 is 10.9 Å². The summed E-state index contributed by atoms with van der Waals surface area (Å²) in [4.78, 5) is 40.4. The molecule has 34 heavy (non-hydrogen) atoms. The molecule has 1 aromatic carbocycles. The number of fused-ring (bicyclic) bond motifs is 1. The van der Waals surface area contributed by atoms with Gasteiger partial charge >= 0.3 is 0 Å². The van der Waals surface area contributed by atoms with Crippen LogP contribution in [0.25, 0.3) is 33.5 Å². The van der Waals surface area contributed by atoms with E-state index in [0.717, 1.165) is 0 Å². The summed E-state index contributed by atoms with van der Waals surface area (Å²) < 4.78 is 6.61. The predicted octanol–water partition coefficient (Wildman–Crippen LogP) is 3.13. The molecule has 1 saturated heterocycles. The van der Waals surface area contributed by atoms with Crippen LogP contribution in [0.3, 0.4) is 0 Å². The number of likely N-dealkylation sites (N-methyl/N-ethyl adjacent to an activating group) is 1. The molecule has 4 heterocycles. The molecule has 1 atom stereocenters. The van der Waals surface area contributed by atoms with Crippen LogP contribution in [0.15, 0.2) is 39.8 Å². The lowest BCUT2D eigenvalue weighted by molar-refractivity contribution is -0.127. The number of carbonyl (C=O) groups excluding carboxylic acids is 1. The number of anilines is 1. The standard InChI is InChI=1S/C23H22ClN7O3/c1-4-31-20-14(11-25-23(28-20)27-18-7-8-30(3)22(18)33)9-16(21(31)32)15-6-5-13(10-17(15)24)19-26-12(2)34-29-19/h5-6,9-11,18H,4,7-8H2,1-3H3,(H,25,27,28). The normalized spacial score (nSPS) is 15.9. The van der Waals surface area contributed by atoms with Crippen LogP contribution in [-0.2, 0) is 11.3 Å². The van der Waals surface area contributed by atoms with E-state index in [2.05, 4.69) is 25.4 Å². The van der Waals surface area contributed by atoms with Crippen molar-refractivity contribution in [2.45, 2.75) is 32.9 Å². The third-order valence-corrected chi connectivity index (χ3v) is 6.23. The van der Waals surface area contributed by atoms with Crippen molar-refractivity contribution >= 4 is 34.5 Å². The first-order chi connectivity index (χ1) is 16.4. The first-order valence-electron chi connectivity index (χ1n) is 10.9. The van der Waals surface area contributed by atoms with E-state index in [1.54, 1.807) is 53.9 Å². The van der Waals surface area contributed by atoms with Crippen LogP contribution in [0, 0.1) is 6.92 Å². The van der Waals surface area contributed by atoms with E-state index in [9.17, 15) is 9.59 Å². The first-order valence-corrected chi connectivity index (χ1v) is 11.3. The van der Waals surface area contributed by atoms with Gasteiger partial charge in [-0.3, -0.25) is 14.2 Å². The van der Waals surface area contributed by atoms with E-state index in [1.807, 2.05) is 6.92 Å². The van der Waals surface area contributed by atoms with Gasteiger partial charge in [0.25, 0.3) is 5.56 Å². The highest BCUT2D eigenvalue weighted by Gasteiger charge is 2.29. The topological polar surface area (TPSA) is 119 Å². The van der Waals surface area contributed by atoms with Gasteiger partial charge in [0, 0.05) is 60.4 Å². The zero-order valence-electron chi connectivity index (χ0n) is 18.9. The lowest BCUT2D eigenvalue weighted by Crippen LogP contribution is -2.31. The van der Waals surface area contributed by atoms with Crippen LogP contribution in [0.2, 0.25) is 5.02 Å². The molecular weight excluding hydrogens is 458 g/mol. The average Bonchev–Trinajstić information content (AvgIpc) is 3.39. The van der Waals surface area contributed by atoms with Crippen molar-refractivity contribution < 1.29 is 9.32 Å². The lowest BCUT2D eigenvalue weighted by Gasteiger charge is -2.15. The van der Waals surface area contributed by atoms with Crippen molar-refractivity contribution in [2.24, 2.45) is 0 Å². The van der Waals surface area contributed by atoms with Crippen molar-refractivity contribution in [1.29, 1.82) is 0 Å². The molecular formula is C23H22ClN7O3. The Hall–Kier alpha value is -3.79. The van der Waals surface area contributed by atoms with Gasteiger partial charge in [0.1, 0.15) is 11.7 Å². The summed E-state index contributed by atoms with van der Waals surface area (Å²) >= 11 is 6.57. The molecule has 0 radical (unpaired) electrons. The summed E-state index contributed by atoms with van der Waals surface area (Å²) in [6.45, 7) is 4.67. The lowest BCUT2D eigenvalue weighted by atomic mass is 10.0. The highest BCUT2D eigenvalue weighted by atomic mass is 35.5. The Morgan fingerprint density at radius 2 is 2.03 bits per heavy atom. The van der Waals surface area contributed by atoms with Gasteiger partial charge in [0.2, 0.25) is 23.6 Å². The van der Waals surface area contributed by atoms with E-state index in [4.69, 9.17) is 16.1 Å². The fraction of sp³-hybridized carbons (Fsp3) is 0.304. The molecule has 0 aliphatic carbocycles. The van der Waals surface area contributed by atoms with E-state index in [0.29, 0.717) is 69.9 Å². The van der Waals surface area contributed by atoms with Crippen LogP contribution in [0.5, 0.6) is 0 Å². The number of likely N-dealkylation sites (tertiary alicyclic amines) is 1. The van der Waals surface area contributed by atoms with Crippen LogP contribution in [0.1, 0.15) is 19.2 Å².